The van der Waals surface area contributed by atoms with Crippen LogP contribution in [0, 0.1) is 0 Å². The summed E-state index contributed by atoms with van der Waals surface area (Å²) < 4.78 is 0. The summed E-state index contributed by atoms with van der Waals surface area (Å²) in [5.74, 6) is 0.118. The van der Waals surface area contributed by atoms with Crippen LogP contribution in [-0.4, -0.2) is 38.9 Å². The maximum Gasteiger partial charge on any atom is 0.303 e. The second-order valence-corrected chi connectivity index (χ2v) is 7.92. The van der Waals surface area contributed by atoms with Crippen LogP contribution >= 0.6 is 11.8 Å². The van der Waals surface area contributed by atoms with Gasteiger partial charge in [-0.1, -0.05) is 25.0 Å². The SMILES string of the molecule is O=C(O)CC[C@@H]1CSC(c2cc3cccc(NC4CCCC4)c3[nH]2)=N1. The predicted molar refractivity (Wildman–Crippen MR) is 104 cm³/mol. The number of aliphatic carboxylic acids is 1. The van der Waals surface area contributed by atoms with E-state index in [0.29, 0.717) is 12.5 Å². The lowest BCUT2D eigenvalue weighted by molar-refractivity contribution is -0.137. The summed E-state index contributed by atoms with van der Waals surface area (Å²) in [7, 11) is 0. The third-order valence-electron chi connectivity index (χ3n) is 5.01. The molecule has 1 aliphatic carbocycles. The first-order valence-electron chi connectivity index (χ1n) is 9.00. The summed E-state index contributed by atoms with van der Waals surface area (Å²) in [5.41, 5.74) is 3.35. The Morgan fingerprint density at radius 1 is 1.36 bits per heavy atom. The highest BCUT2D eigenvalue weighted by atomic mass is 32.2. The zero-order chi connectivity index (χ0) is 17.2. The third kappa shape index (κ3) is 3.68. The highest BCUT2D eigenvalue weighted by molar-refractivity contribution is 8.14. The Labute approximate surface area is 151 Å². The van der Waals surface area contributed by atoms with Crippen LogP contribution in [0.25, 0.3) is 10.9 Å². The number of carboxylic acid groups (broad SMARTS) is 1. The molecule has 0 unspecified atom stereocenters. The number of aromatic amines is 1. The molecule has 1 aliphatic heterocycles. The van der Waals surface area contributed by atoms with Gasteiger partial charge in [0.25, 0.3) is 0 Å². The van der Waals surface area contributed by atoms with Crippen LogP contribution in [-0.2, 0) is 4.79 Å². The van der Waals surface area contributed by atoms with E-state index in [1.54, 1.807) is 11.8 Å². The molecule has 5 nitrogen and oxygen atoms in total. The third-order valence-corrected chi connectivity index (χ3v) is 6.16. The van der Waals surface area contributed by atoms with Gasteiger partial charge in [0, 0.05) is 23.6 Å². The predicted octanol–water partition coefficient (Wildman–Crippen LogP) is 4.25. The van der Waals surface area contributed by atoms with Crippen LogP contribution < -0.4 is 5.32 Å². The van der Waals surface area contributed by atoms with Crippen molar-refractivity contribution in [2.75, 3.05) is 11.1 Å². The number of aliphatic imine (C=N–C) groups is 1. The molecule has 25 heavy (non-hydrogen) atoms. The van der Waals surface area contributed by atoms with Gasteiger partial charge < -0.3 is 15.4 Å². The number of hydrogen-bond donors (Lipinski definition) is 3. The van der Waals surface area contributed by atoms with Crippen molar-refractivity contribution in [1.29, 1.82) is 0 Å². The van der Waals surface area contributed by atoms with E-state index in [1.807, 2.05) is 0 Å². The molecule has 1 saturated carbocycles. The second-order valence-electron chi connectivity index (χ2n) is 6.91. The lowest BCUT2D eigenvalue weighted by Gasteiger charge is -2.14. The van der Waals surface area contributed by atoms with Crippen LogP contribution in [0.15, 0.2) is 29.3 Å². The minimum absolute atomic E-state index is 0.110. The Morgan fingerprint density at radius 3 is 3.00 bits per heavy atom. The van der Waals surface area contributed by atoms with Gasteiger partial charge in [-0.05, 0) is 31.4 Å². The summed E-state index contributed by atoms with van der Waals surface area (Å²) in [6.07, 6.45) is 5.92. The van der Waals surface area contributed by atoms with Crippen molar-refractivity contribution >= 4 is 39.4 Å². The first-order valence-corrected chi connectivity index (χ1v) is 9.98. The van der Waals surface area contributed by atoms with Gasteiger partial charge in [0.2, 0.25) is 0 Å². The topological polar surface area (TPSA) is 77.5 Å². The number of H-pyrrole nitrogens is 1. The molecule has 0 spiro atoms. The molecule has 0 amide bonds. The highest BCUT2D eigenvalue weighted by Gasteiger charge is 2.22. The van der Waals surface area contributed by atoms with Crippen LogP contribution in [0.3, 0.4) is 0 Å². The summed E-state index contributed by atoms with van der Waals surface area (Å²) in [6, 6.07) is 9.20. The molecule has 4 rings (SSSR count). The van der Waals surface area contributed by atoms with Crippen molar-refractivity contribution in [3.05, 3.63) is 30.0 Å². The molecule has 0 bridgehead atoms. The molecule has 1 aromatic carbocycles. The molecular weight excluding hydrogens is 334 g/mol. The Bertz CT molecular complexity index is 808. The van der Waals surface area contributed by atoms with Crippen molar-refractivity contribution in [3.8, 4) is 0 Å². The van der Waals surface area contributed by atoms with Gasteiger partial charge in [-0.2, -0.15) is 0 Å². The largest absolute Gasteiger partial charge is 0.481 e. The van der Waals surface area contributed by atoms with E-state index in [4.69, 9.17) is 10.1 Å². The Hall–Kier alpha value is -1.95. The molecule has 1 fully saturated rings. The number of fused-ring (bicyclic) bond motifs is 1. The number of aromatic nitrogens is 1. The van der Waals surface area contributed by atoms with E-state index < -0.39 is 5.97 Å². The summed E-state index contributed by atoms with van der Waals surface area (Å²) in [4.78, 5) is 19.0. The molecule has 3 N–H and O–H groups in total. The van der Waals surface area contributed by atoms with Gasteiger partial charge in [0.05, 0.1) is 22.9 Å². The van der Waals surface area contributed by atoms with Gasteiger partial charge in [-0.3, -0.25) is 9.79 Å². The highest BCUT2D eigenvalue weighted by Crippen LogP contribution is 2.31. The number of carbonyl (C=O) groups is 1. The Balaban J connectivity index is 1.55. The first kappa shape index (κ1) is 16.5. The average Bonchev–Trinajstić information content (AvgIpc) is 3.33. The van der Waals surface area contributed by atoms with E-state index in [1.165, 1.54) is 36.8 Å². The number of anilines is 1. The number of para-hydroxylation sites is 1. The number of nitrogens with zero attached hydrogens (tertiary/aromatic N) is 1. The molecule has 2 aliphatic rings. The molecule has 1 aromatic heterocycles. The Morgan fingerprint density at radius 2 is 2.20 bits per heavy atom. The van der Waals surface area contributed by atoms with Crippen molar-refractivity contribution in [2.24, 2.45) is 4.99 Å². The van der Waals surface area contributed by atoms with Gasteiger partial charge in [0.15, 0.2) is 0 Å². The van der Waals surface area contributed by atoms with E-state index >= 15 is 0 Å². The summed E-state index contributed by atoms with van der Waals surface area (Å²) in [5, 5.41) is 14.7. The average molecular weight is 357 g/mol. The number of rotatable bonds is 6. The fourth-order valence-corrected chi connectivity index (χ4v) is 4.76. The minimum atomic E-state index is -0.748. The van der Waals surface area contributed by atoms with Crippen molar-refractivity contribution in [1.82, 2.24) is 4.98 Å². The monoisotopic (exact) mass is 357 g/mol. The zero-order valence-electron chi connectivity index (χ0n) is 14.1. The van der Waals surface area contributed by atoms with E-state index in [9.17, 15) is 4.79 Å². The maximum atomic E-state index is 10.7. The van der Waals surface area contributed by atoms with Crippen LogP contribution in [0.5, 0.6) is 0 Å². The van der Waals surface area contributed by atoms with E-state index in [2.05, 4.69) is 34.6 Å². The molecule has 6 heteroatoms. The molecule has 0 radical (unpaired) electrons. The van der Waals surface area contributed by atoms with E-state index in [0.717, 1.165) is 22.0 Å². The van der Waals surface area contributed by atoms with Crippen LogP contribution in [0.4, 0.5) is 5.69 Å². The number of nitrogens with one attached hydrogen (secondary N) is 2. The number of carboxylic acids is 1. The first-order chi connectivity index (χ1) is 12.2. The van der Waals surface area contributed by atoms with Gasteiger partial charge in [-0.15, -0.1) is 11.8 Å². The molecular formula is C19H23N3O2S. The summed E-state index contributed by atoms with van der Waals surface area (Å²) in [6.45, 7) is 0. The van der Waals surface area contributed by atoms with Gasteiger partial charge in [-0.25, -0.2) is 0 Å². The molecule has 2 heterocycles. The molecule has 2 aromatic rings. The fraction of sp³-hybridized carbons (Fsp3) is 0.474. The van der Waals surface area contributed by atoms with Crippen molar-refractivity contribution < 1.29 is 9.90 Å². The van der Waals surface area contributed by atoms with Crippen LogP contribution in [0.2, 0.25) is 0 Å². The molecule has 132 valence electrons. The van der Waals surface area contributed by atoms with Gasteiger partial charge in [0.1, 0.15) is 5.04 Å². The van der Waals surface area contributed by atoms with Crippen LogP contribution in [0.1, 0.15) is 44.2 Å². The number of hydrogen-bond acceptors (Lipinski definition) is 4. The van der Waals surface area contributed by atoms with Crippen molar-refractivity contribution in [3.63, 3.8) is 0 Å². The standard InChI is InChI=1S/C19H23N3O2S/c23-17(24)9-8-14-11-25-19(21-14)16-10-12-4-3-7-15(18(12)22-16)20-13-5-1-2-6-13/h3-4,7,10,13-14,20,22H,1-2,5-6,8-9,11H2,(H,23,24)/t14-/m1/s1. The fourth-order valence-electron chi connectivity index (χ4n) is 3.68. The molecule has 0 saturated heterocycles. The van der Waals surface area contributed by atoms with E-state index in [-0.39, 0.29) is 12.5 Å². The number of benzene rings is 1. The lowest BCUT2D eigenvalue weighted by atomic mass is 10.2. The Kier molecular flexibility index (Phi) is 4.70. The van der Waals surface area contributed by atoms with Crippen molar-refractivity contribution in [2.45, 2.75) is 50.6 Å². The second kappa shape index (κ2) is 7.12. The normalized spacial score (nSPS) is 21.0. The van der Waals surface area contributed by atoms with Gasteiger partial charge >= 0.3 is 5.97 Å². The quantitative estimate of drug-likeness (QED) is 0.722. The number of thioether (sulfide) groups is 1. The lowest BCUT2D eigenvalue weighted by Crippen LogP contribution is -2.14. The molecule has 1 atom stereocenters. The summed E-state index contributed by atoms with van der Waals surface area (Å²) >= 11 is 1.71. The zero-order valence-corrected chi connectivity index (χ0v) is 14.9. The maximum absolute atomic E-state index is 10.7. The minimum Gasteiger partial charge on any atom is -0.481 e. The smallest absolute Gasteiger partial charge is 0.303 e.